The topological polar surface area (TPSA) is 35.6 Å². The Morgan fingerprint density at radius 2 is 1.73 bits per heavy atom. The van der Waals surface area contributed by atoms with E-state index in [0.717, 1.165) is 56.6 Å². The molecule has 0 bridgehead atoms. The van der Waals surface area contributed by atoms with Gasteiger partial charge in [-0.1, -0.05) is 18.5 Å². The van der Waals surface area contributed by atoms with Gasteiger partial charge in [-0.05, 0) is 36.9 Å². The predicted octanol–water partition coefficient (Wildman–Crippen LogP) is 4.01. The zero-order chi connectivity index (χ0) is 18.7. The molecule has 4 nitrogen and oxygen atoms in total. The monoisotopic (exact) mass is 379 g/mol. The van der Waals surface area contributed by atoms with Crippen LogP contribution in [0, 0.1) is 11.6 Å². The minimum atomic E-state index is -0.794. The highest BCUT2D eigenvalue weighted by molar-refractivity contribution is 6.31. The molecule has 1 N–H and O–H groups in total. The third kappa shape index (κ3) is 4.31. The Morgan fingerprint density at radius 3 is 2.35 bits per heavy atom. The molecule has 7 heteroatoms. The predicted molar refractivity (Wildman–Crippen MR) is 100 cm³/mol. The SMILES string of the molecule is CCN1CCN(c2ccc(Cl)cc2NC(=O)c2cc(F)cc(F)c2)CC1. The zero-order valence-electron chi connectivity index (χ0n) is 14.4. The van der Waals surface area contributed by atoms with Gasteiger partial charge in [0.2, 0.25) is 0 Å². The highest BCUT2D eigenvalue weighted by atomic mass is 35.5. The van der Waals surface area contributed by atoms with Crippen molar-refractivity contribution in [1.82, 2.24) is 4.90 Å². The van der Waals surface area contributed by atoms with Crippen molar-refractivity contribution in [1.29, 1.82) is 0 Å². The maximum atomic E-state index is 13.4. The fourth-order valence-corrected chi connectivity index (χ4v) is 3.24. The van der Waals surface area contributed by atoms with Gasteiger partial charge in [-0.15, -0.1) is 0 Å². The second-order valence-electron chi connectivity index (χ2n) is 6.20. The Bertz CT molecular complexity index is 787. The smallest absolute Gasteiger partial charge is 0.255 e. The Morgan fingerprint density at radius 1 is 1.08 bits per heavy atom. The van der Waals surface area contributed by atoms with Crippen LogP contribution in [0.1, 0.15) is 17.3 Å². The molecule has 0 atom stereocenters. The van der Waals surface area contributed by atoms with Crippen LogP contribution in [0.2, 0.25) is 5.02 Å². The molecular weight excluding hydrogens is 360 g/mol. The Kier molecular flexibility index (Phi) is 5.74. The molecule has 1 amide bonds. The van der Waals surface area contributed by atoms with Gasteiger partial charge in [0.1, 0.15) is 11.6 Å². The summed E-state index contributed by atoms with van der Waals surface area (Å²) in [5, 5.41) is 3.21. The van der Waals surface area contributed by atoms with Crippen LogP contribution in [0.25, 0.3) is 0 Å². The van der Waals surface area contributed by atoms with E-state index in [-0.39, 0.29) is 5.56 Å². The molecule has 0 unspecified atom stereocenters. The van der Waals surface area contributed by atoms with E-state index in [2.05, 4.69) is 22.0 Å². The Balaban J connectivity index is 1.83. The molecule has 2 aromatic rings. The number of nitrogens with zero attached hydrogens (tertiary/aromatic N) is 2. The first-order valence-corrected chi connectivity index (χ1v) is 8.88. The number of rotatable bonds is 4. The Labute approximate surface area is 156 Å². The minimum absolute atomic E-state index is 0.0794. The van der Waals surface area contributed by atoms with Gasteiger partial charge in [0.25, 0.3) is 5.91 Å². The molecule has 1 aliphatic heterocycles. The molecule has 1 fully saturated rings. The van der Waals surface area contributed by atoms with Gasteiger partial charge >= 0.3 is 0 Å². The molecule has 0 aromatic heterocycles. The first kappa shape index (κ1) is 18.6. The second-order valence-corrected chi connectivity index (χ2v) is 6.63. The lowest BCUT2D eigenvalue weighted by molar-refractivity contribution is 0.102. The maximum absolute atomic E-state index is 13.4. The summed E-state index contributed by atoms with van der Waals surface area (Å²) in [6.45, 7) is 6.65. The average Bonchev–Trinajstić information content (AvgIpc) is 2.61. The number of likely N-dealkylation sites (N-methyl/N-ethyl adjacent to an activating group) is 1. The van der Waals surface area contributed by atoms with Crippen LogP contribution in [-0.2, 0) is 0 Å². The molecule has 1 aliphatic rings. The van der Waals surface area contributed by atoms with Crippen molar-refractivity contribution in [2.24, 2.45) is 0 Å². The van der Waals surface area contributed by atoms with E-state index in [1.54, 1.807) is 12.1 Å². The summed E-state index contributed by atoms with van der Waals surface area (Å²) >= 11 is 6.08. The second kappa shape index (κ2) is 8.01. The molecule has 2 aromatic carbocycles. The van der Waals surface area contributed by atoms with E-state index in [4.69, 9.17) is 11.6 Å². The van der Waals surface area contributed by atoms with Gasteiger partial charge in [-0.25, -0.2) is 8.78 Å². The standard InChI is InChI=1S/C19H20ClF2N3O/c1-2-24-5-7-25(8-6-24)18-4-3-14(20)11-17(18)23-19(26)13-9-15(21)12-16(22)10-13/h3-4,9-12H,2,5-8H2,1H3,(H,23,26). The number of amides is 1. The lowest BCUT2D eigenvalue weighted by atomic mass is 10.1. The summed E-state index contributed by atoms with van der Waals surface area (Å²) < 4.78 is 26.8. The quantitative estimate of drug-likeness (QED) is 0.871. The number of anilines is 2. The molecule has 1 saturated heterocycles. The number of carbonyl (C=O) groups excluding carboxylic acids is 1. The molecular formula is C19H20ClF2N3O. The highest BCUT2D eigenvalue weighted by Crippen LogP contribution is 2.30. The molecule has 0 aliphatic carbocycles. The third-order valence-electron chi connectivity index (χ3n) is 4.49. The third-order valence-corrected chi connectivity index (χ3v) is 4.73. The van der Waals surface area contributed by atoms with Gasteiger partial charge in [0, 0.05) is 42.8 Å². The van der Waals surface area contributed by atoms with Crippen LogP contribution in [0.5, 0.6) is 0 Å². The normalized spacial score (nSPS) is 15.2. The first-order chi connectivity index (χ1) is 12.5. The summed E-state index contributed by atoms with van der Waals surface area (Å²) in [5.74, 6) is -2.17. The highest BCUT2D eigenvalue weighted by Gasteiger charge is 2.20. The van der Waals surface area contributed by atoms with Gasteiger partial charge < -0.3 is 15.1 Å². The van der Waals surface area contributed by atoms with E-state index in [1.807, 2.05) is 6.07 Å². The number of hydrogen-bond acceptors (Lipinski definition) is 3. The fraction of sp³-hybridized carbons (Fsp3) is 0.316. The number of nitrogens with one attached hydrogen (secondary N) is 1. The zero-order valence-corrected chi connectivity index (χ0v) is 15.2. The van der Waals surface area contributed by atoms with Crippen molar-refractivity contribution in [3.05, 3.63) is 58.6 Å². The van der Waals surface area contributed by atoms with Crippen LogP contribution < -0.4 is 10.2 Å². The van der Waals surface area contributed by atoms with E-state index in [0.29, 0.717) is 10.7 Å². The minimum Gasteiger partial charge on any atom is -0.367 e. The summed E-state index contributed by atoms with van der Waals surface area (Å²) in [6, 6.07) is 8.00. The van der Waals surface area contributed by atoms with Gasteiger partial charge in [0.15, 0.2) is 0 Å². The summed E-state index contributed by atoms with van der Waals surface area (Å²) in [5.41, 5.74) is 1.29. The van der Waals surface area contributed by atoms with Gasteiger partial charge in [0.05, 0.1) is 11.4 Å². The number of piperazine rings is 1. The molecule has 0 saturated carbocycles. The van der Waals surface area contributed by atoms with Crippen molar-refractivity contribution in [3.63, 3.8) is 0 Å². The molecule has 1 heterocycles. The largest absolute Gasteiger partial charge is 0.367 e. The van der Waals surface area contributed by atoms with E-state index in [9.17, 15) is 13.6 Å². The summed E-state index contributed by atoms with van der Waals surface area (Å²) in [6.07, 6.45) is 0. The lowest BCUT2D eigenvalue weighted by Gasteiger charge is -2.36. The average molecular weight is 380 g/mol. The molecule has 3 rings (SSSR count). The van der Waals surface area contributed by atoms with Crippen molar-refractivity contribution in [2.45, 2.75) is 6.92 Å². The molecule has 0 radical (unpaired) electrons. The number of hydrogen-bond donors (Lipinski definition) is 1. The Hall–Kier alpha value is -2.18. The molecule has 26 heavy (non-hydrogen) atoms. The van der Waals surface area contributed by atoms with E-state index < -0.39 is 17.5 Å². The van der Waals surface area contributed by atoms with Crippen LogP contribution in [-0.4, -0.2) is 43.5 Å². The van der Waals surface area contributed by atoms with Crippen LogP contribution in [0.3, 0.4) is 0 Å². The summed E-state index contributed by atoms with van der Waals surface area (Å²) in [7, 11) is 0. The molecule has 138 valence electrons. The van der Waals surface area contributed by atoms with E-state index >= 15 is 0 Å². The number of carbonyl (C=O) groups is 1. The number of benzene rings is 2. The van der Waals surface area contributed by atoms with Crippen LogP contribution in [0.4, 0.5) is 20.2 Å². The van der Waals surface area contributed by atoms with Gasteiger partial charge in [-0.3, -0.25) is 4.79 Å². The first-order valence-electron chi connectivity index (χ1n) is 8.50. The van der Waals surface area contributed by atoms with Crippen molar-refractivity contribution in [2.75, 3.05) is 42.9 Å². The lowest BCUT2D eigenvalue weighted by Crippen LogP contribution is -2.46. The van der Waals surface area contributed by atoms with Crippen LogP contribution >= 0.6 is 11.6 Å². The van der Waals surface area contributed by atoms with Crippen LogP contribution in [0.15, 0.2) is 36.4 Å². The molecule has 0 spiro atoms. The van der Waals surface area contributed by atoms with Crippen molar-refractivity contribution in [3.8, 4) is 0 Å². The van der Waals surface area contributed by atoms with Crippen molar-refractivity contribution >= 4 is 28.9 Å². The van der Waals surface area contributed by atoms with E-state index in [1.165, 1.54) is 0 Å². The number of halogens is 3. The summed E-state index contributed by atoms with van der Waals surface area (Å²) in [4.78, 5) is 17.0. The maximum Gasteiger partial charge on any atom is 0.255 e. The fourth-order valence-electron chi connectivity index (χ4n) is 3.07. The van der Waals surface area contributed by atoms with Gasteiger partial charge in [-0.2, -0.15) is 0 Å². The van der Waals surface area contributed by atoms with Crippen molar-refractivity contribution < 1.29 is 13.6 Å².